The second-order valence-electron chi connectivity index (χ2n) is 5.12. The van der Waals surface area contributed by atoms with Crippen LogP contribution in [0.25, 0.3) is 0 Å². The highest BCUT2D eigenvalue weighted by atomic mass is 32.2. The van der Waals surface area contributed by atoms with Crippen LogP contribution < -0.4 is 10.0 Å². The van der Waals surface area contributed by atoms with Crippen molar-refractivity contribution in [3.05, 3.63) is 29.8 Å². The van der Waals surface area contributed by atoms with Gasteiger partial charge in [0.05, 0.1) is 18.6 Å². The van der Waals surface area contributed by atoms with Gasteiger partial charge in [0.1, 0.15) is 0 Å². The SMILES string of the molecule is COC(=O)CCCS(=O)(=O)N1CC(N)Cc2ccccc21. The van der Waals surface area contributed by atoms with Crippen LogP contribution in [0, 0.1) is 0 Å². The average Bonchev–Trinajstić information content (AvgIpc) is 2.45. The Labute approximate surface area is 124 Å². The van der Waals surface area contributed by atoms with E-state index in [1.54, 1.807) is 6.07 Å². The van der Waals surface area contributed by atoms with E-state index in [0.29, 0.717) is 12.1 Å². The number of methoxy groups -OCH3 is 1. The van der Waals surface area contributed by atoms with Crippen molar-refractivity contribution in [2.75, 3.05) is 23.7 Å². The minimum Gasteiger partial charge on any atom is -0.469 e. The summed E-state index contributed by atoms with van der Waals surface area (Å²) in [6.45, 7) is 0.275. The number of esters is 1. The maximum atomic E-state index is 12.5. The molecule has 0 aromatic heterocycles. The molecule has 0 saturated carbocycles. The quantitative estimate of drug-likeness (QED) is 0.807. The molecule has 1 aliphatic rings. The minimum absolute atomic E-state index is 0.0941. The summed E-state index contributed by atoms with van der Waals surface area (Å²) in [5.74, 6) is -0.496. The molecule has 1 aliphatic heterocycles. The molecule has 0 spiro atoms. The smallest absolute Gasteiger partial charge is 0.305 e. The van der Waals surface area contributed by atoms with E-state index in [4.69, 9.17) is 5.73 Å². The monoisotopic (exact) mass is 312 g/mol. The third-order valence-corrected chi connectivity index (χ3v) is 5.31. The summed E-state index contributed by atoms with van der Waals surface area (Å²) in [7, 11) is -2.20. The highest BCUT2D eigenvalue weighted by Gasteiger charge is 2.30. The zero-order valence-corrected chi connectivity index (χ0v) is 12.8. The molecule has 116 valence electrons. The molecule has 6 nitrogen and oxygen atoms in total. The molecule has 0 saturated heterocycles. The Morgan fingerprint density at radius 3 is 2.86 bits per heavy atom. The van der Waals surface area contributed by atoms with Crippen LogP contribution in [-0.2, 0) is 26.0 Å². The number of carbonyl (C=O) groups is 1. The van der Waals surface area contributed by atoms with Gasteiger partial charge in [-0.1, -0.05) is 18.2 Å². The van der Waals surface area contributed by atoms with Crippen LogP contribution in [0.1, 0.15) is 18.4 Å². The first-order valence-electron chi connectivity index (χ1n) is 6.85. The maximum absolute atomic E-state index is 12.5. The highest BCUT2D eigenvalue weighted by molar-refractivity contribution is 7.92. The number of nitrogens with two attached hydrogens (primary N) is 1. The summed E-state index contributed by atoms with van der Waals surface area (Å²) in [5, 5.41) is 0. The lowest BCUT2D eigenvalue weighted by molar-refractivity contribution is -0.140. The Morgan fingerprint density at radius 1 is 1.43 bits per heavy atom. The first kappa shape index (κ1) is 15.8. The fourth-order valence-corrected chi connectivity index (χ4v) is 4.09. The van der Waals surface area contributed by atoms with Gasteiger partial charge in [0.25, 0.3) is 0 Å². The van der Waals surface area contributed by atoms with Crippen LogP contribution in [0.5, 0.6) is 0 Å². The van der Waals surface area contributed by atoms with E-state index in [0.717, 1.165) is 5.56 Å². The summed E-state index contributed by atoms with van der Waals surface area (Å²) in [5.41, 5.74) is 7.58. The first-order chi connectivity index (χ1) is 9.94. The van der Waals surface area contributed by atoms with E-state index in [1.165, 1.54) is 11.4 Å². The number of anilines is 1. The largest absolute Gasteiger partial charge is 0.469 e. The lowest BCUT2D eigenvalue weighted by Crippen LogP contribution is -2.47. The third-order valence-electron chi connectivity index (χ3n) is 3.49. The van der Waals surface area contributed by atoms with Gasteiger partial charge < -0.3 is 10.5 Å². The number of para-hydroxylation sites is 1. The maximum Gasteiger partial charge on any atom is 0.305 e. The fourth-order valence-electron chi connectivity index (χ4n) is 2.46. The molecule has 1 aromatic rings. The van der Waals surface area contributed by atoms with Crippen LogP contribution in [-0.4, -0.2) is 39.8 Å². The van der Waals surface area contributed by atoms with Gasteiger partial charge in [-0.2, -0.15) is 0 Å². The predicted octanol–water partition coefficient (Wildman–Crippen LogP) is 0.659. The lowest BCUT2D eigenvalue weighted by Gasteiger charge is -2.33. The third kappa shape index (κ3) is 3.74. The van der Waals surface area contributed by atoms with Gasteiger partial charge in [0.2, 0.25) is 10.0 Å². The van der Waals surface area contributed by atoms with Gasteiger partial charge in [-0.15, -0.1) is 0 Å². The van der Waals surface area contributed by atoms with Crippen molar-refractivity contribution in [1.29, 1.82) is 0 Å². The molecule has 7 heteroatoms. The molecule has 21 heavy (non-hydrogen) atoms. The Morgan fingerprint density at radius 2 is 2.14 bits per heavy atom. The topological polar surface area (TPSA) is 89.7 Å². The summed E-state index contributed by atoms with van der Waals surface area (Å²) in [4.78, 5) is 11.1. The summed E-state index contributed by atoms with van der Waals surface area (Å²) < 4.78 is 30.8. The van der Waals surface area contributed by atoms with Crippen LogP contribution in [0.15, 0.2) is 24.3 Å². The lowest BCUT2D eigenvalue weighted by atomic mass is 10.0. The van der Waals surface area contributed by atoms with Gasteiger partial charge in [0, 0.05) is 19.0 Å². The van der Waals surface area contributed by atoms with Gasteiger partial charge in [0.15, 0.2) is 0 Å². The molecule has 1 unspecified atom stereocenters. The van der Waals surface area contributed by atoms with Crippen molar-refractivity contribution in [2.24, 2.45) is 5.73 Å². The standard InChI is InChI=1S/C14H20N2O4S/c1-20-14(17)7-4-8-21(18,19)16-10-12(15)9-11-5-2-3-6-13(11)16/h2-3,5-6,12H,4,7-10,15H2,1H3. The van der Waals surface area contributed by atoms with Gasteiger partial charge in [-0.3, -0.25) is 9.10 Å². The molecular formula is C14H20N2O4S. The molecule has 1 aromatic carbocycles. The zero-order chi connectivity index (χ0) is 15.5. The van der Waals surface area contributed by atoms with E-state index in [2.05, 4.69) is 4.74 Å². The van der Waals surface area contributed by atoms with Gasteiger partial charge >= 0.3 is 5.97 Å². The summed E-state index contributed by atoms with van der Waals surface area (Å²) >= 11 is 0. The number of benzene rings is 1. The van der Waals surface area contributed by atoms with E-state index >= 15 is 0 Å². The molecule has 0 bridgehead atoms. The van der Waals surface area contributed by atoms with Crippen LogP contribution in [0.4, 0.5) is 5.69 Å². The van der Waals surface area contributed by atoms with E-state index in [-0.39, 0.29) is 31.2 Å². The first-order valence-corrected chi connectivity index (χ1v) is 8.45. The summed E-state index contributed by atoms with van der Waals surface area (Å²) in [6.07, 6.45) is 1.00. The van der Waals surface area contributed by atoms with Crippen LogP contribution >= 0.6 is 0 Å². The van der Waals surface area contributed by atoms with Crippen LogP contribution in [0.3, 0.4) is 0 Å². The Balaban J connectivity index is 2.14. The molecule has 0 aliphatic carbocycles. The Kier molecular flexibility index (Phi) is 4.84. The van der Waals surface area contributed by atoms with Gasteiger partial charge in [-0.25, -0.2) is 8.42 Å². The Hall–Kier alpha value is -1.60. The predicted molar refractivity (Wildman–Crippen MR) is 80.5 cm³/mol. The summed E-state index contributed by atoms with van der Waals surface area (Å²) in [6, 6.07) is 7.16. The molecular weight excluding hydrogens is 292 g/mol. The zero-order valence-electron chi connectivity index (χ0n) is 12.0. The van der Waals surface area contributed by atoms with Crippen molar-refractivity contribution in [2.45, 2.75) is 25.3 Å². The van der Waals surface area contributed by atoms with Crippen molar-refractivity contribution < 1.29 is 17.9 Å². The number of fused-ring (bicyclic) bond motifs is 1. The molecule has 1 atom stereocenters. The van der Waals surface area contributed by atoms with Crippen molar-refractivity contribution >= 4 is 21.7 Å². The number of hydrogen-bond donors (Lipinski definition) is 1. The molecule has 0 radical (unpaired) electrons. The van der Waals surface area contributed by atoms with Gasteiger partial charge in [-0.05, 0) is 24.5 Å². The second-order valence-corrected chi connectivity index (χ2v) is 7.13. The average molecular weight is 312 g/mol. The number of ether oxygens (including phenoxy) is 1. The number of rotatable bonds is 5. The van der Waals surface area contributed by atoms with E-state index in [9.17, 15) is 13.2 Å². The molecule has 2 N–H and O–H groups in total. The van der Waals surface area contributed by atoms with Crippen molar-refractivity contribution in [3.63, 3.8) is 0 Å². The van der Waals surface area contributed by atoms with Crippen LogP contribution in [0.2, 0.25) is 0 Å². The van der Waals surface area contributed by atoms with Crippen molar-refractivity contribution in [3.8, 4) is 0 Å². The molecule has 1 heterocycles. The van der Waals surface area contributed by atoms with Crippen molar-refractivity contribution in [1.82, 2.24) is 0 Å². The number of sulfonamides is 1. The Bertz CT molecular complexity index is 615. The number of carbonyl (C=O) groups excluding carboxylic acids is 1. The van der Waals surface area contributed by atoms with E-state index in [1.807, 2.05) is 18.2 Å². The molecule has 0 amide bonds. The number of nitrogens with zero attached hydrogens (tertiary/aromatic N) is 1. The number of hydrogen-bond acceptors (Lipinski definition) is 5. The molecule has 0 fully saturated rings. The molecule has 2 rings (SSSR count). The normalized spacial score (nSPS) is 18.2. The van der Waals surface area contributed by atoms with E-state index < -0.39 is 16.0 Å². The fraction of sp³-hybridized carbons (Fsp3) is 0.500. The minimum atomic E-state index is -3.49. The second kappa shape index (κ2) is 6.44. The highest BCUT2D eigenvalue weighted by Crippen LogP contribution is 2.29.